The summed E-state index contributed by atoms with van der Waals surface area (Å²) in [4.78, 5) is 17.2. The Labute approximate surface area is 254 Å². The standard InChI is InChI=1S/C36H34N4O4/c1-35(2)17-23-11-31-30(20-7-27(43)16-28(44)8-20)10-22(38-31)14-34-36(3,4)18-24(40-34)12-32-29(9-21(37-32)13-33(35)39-23)19-5-25(41)15-26(42)6-19/h5-16,37-38,41-44H,17-18H2,1-4H3. The van der Waals surface area contributed by atoms with Crippen LogP contribution in [-0.2, 0) is 23.7 Å². The highest BCUT2D eigenvalue weighted by atomic mass is 16.3. The van der Waals surface area contributed by atoms with Gasteiger partial charge < -0.3 is 30.4 Å². The number of hydrogen-bond donors (Lipinski definition) is 6. The predicted molar refractivity (Wildman–Crippen MR) is 172 cm³/mol. The first kappa shape index (κ1) is 27.6. The molecule has 0 spiro atoms. The van der Waals surface area contributed by atoms with Crippen molar-refractivity contribution < 1.29 is 20.4 Å². The van der Waals surface area contributed by atoms with Crippen LogP contribution in [0.1, 0.15) is 50.5 Å². The van der Waals surface area contributed by atoms with Crippen molar-refractivity contribution >= 4 is 22.1 Å². The second-order valence-corrected chi connectivity index (χ2v) is 13.3. The molecule has 5 heterocycles. The van der Waals surface area contributed by atoms with E-state index in [0.717, 1.165) is 56.0 Å². The van der Waals surface area contributed by atoms with Gasteiger partial charge in [-0.15, -0.1) is 0 Å². The molecule has 44 heavy (non-hydrogen) atoms. The minimum atomic E-state index is -0.244. The number of rotatable bonds is 2. The Balaban J connectivity index is 1.56. The van der Waals surface area contributed by atoms with Crippen molar-refractivity contribution in [2.45, 2.75) is 51.4 Å². The fourth-order valence-corrected chi connectivity index (χ4v) is 6.37. The Morgan fingerprint density at radius 1 is 0.500 bits per heavy atom. The van der Waals surface area contributed by atoms with Crippen molar-refractivity contribution in [1.29, 1.82) is 0 Å². The number of H-pyrrole nitrogens is 2. The van der Waals surface area contributed by atoms with Gasteiger partial charge in [0.2, 0.25) is 0 Å². The minimum Gasteiger partial charge on any atom is -0.508 e. The van der Waals surface area contributed by atoms with Gasteiger partial charge in [0.15, 0.2) is 0 Å². The van der Waals surface area contributed by atoms with Crippen LogP contribution in [0.3, 0.4) is 0 Å². The number of fused-ring (bicyclic) bond motifs is 8. The molecule has 2 aromatic carbocycles. The summed E-state index contributed by atoms with van der Waals surface area (Å²) in [7, 11) is 0. The SMILES string of the molecule is CC1(C)Cc2cc3[nH]c(cc4nc(cc5[nH]c(cc1n2)cc5-c1cc(O)cc(O)c1)CC4(C)C)cc3-c1cc(O)cc(O)c1. The minimum absolute atomic E-state index is 0.0119. The lowest BCUT2D eigenvalue weighted by Gasteiger charge is -2.15. The monoisotopic (exact) mass is 586 g/mol. The fourth-order valence-electron chi connectivity index (χ4n) is 6.37. The molecule has 6 N–H and O–H groups in total. The van der Waals surface area contributed by atoms with E-state index in [4.69, 9.17) is 9.97 Å². The van der Waals surface area contributed by atoms with Crippen LogP contribution in [0.25, 0.3) is 44.3 Å². The van der Waals surface area contributed by atoms with E-state index in [-0.39, 0.29) is 33.8 Å². The van der Waals surface area contributed by atoms with Gasteiger partial charge in [-0.3, -0.25) is 9.97 Å². The molecule has 5 aromatic rings. The van der Waals surface area contributed by atoms with Crippen molar-refractivity contribution in [3.63, 3.8) is 0 Å². The summed E-state index contributed by atoms with van der Waals surface area (Å²) < 4.78 is 0. The van der Waals surface area contributed by atoms with Crippen LogP contribution in [0, 0.1) is 0 Å². The zero-order valence-corrected chi connectivity index (χ0v) is 25.0. The molecule has 8 bridgehead atoms. The summed E-state index contributed by atoms with van der Waals surface area (Å²) in [5, 5.41) is 41.0. The van der Waals surface area contributed by atoms with Gasteiger partial charge in [0.25, 0.3) is 0 Å². The molecule has 8 heteroatoms. The van der Waals surface area contributed by atoms with Gasteiger partial charge in [-0.05, 0) is 71.8 Å². The average Bonchev–Trinajstić information content (AvgIpc) is 3.62. The molecule has 0 fully saturated rings. The summed E-state index contributed by atoms with van der Waals surface area (Å²) in [5.74, 6) is -0.0476. The van der Waals surface area contributed by atoms with E-state index in [1.807, 2.05) is 24.3 Å². The number of aromatic amines is 2. The van der Waals surface area contributed by atoms with Gasteiger partial charge >= 0.3 is 0 Å². The van der Waals surface area contributed by atoms with E-state index in [1.165, 1.54) is 12.1 Å². The van der Waals surface area contributed by atoms with Crippen LogP contribution in [0.4, 0.5) is 0 Å². The van der Waals surface area contributed by atoms with Gasteiger partial charge in [0, 0.05) is 91.8 Å². The number of phenols is 4. The summed E-state index contributed by atoms with van der Waals surface area (Å²) >= 11 is 0. The summed E-state index contributed by atoms with van der Waals surface area (Å²) in [6.45, 7) is 8.65. The molecule has 2 aliphatic heterocycles. The predicted octanol–water partition coefficient (Wildman–Crippen LogP) is 7.51. The topological polar surface area (TPSA) is 138 Å². The number of hydrogen-bond acceptors (Lipinski definition) is 6. The fraction of sp³-hybridized carbons (Fsp3) is 0.222. The smallest absolute Gasteiger partial charge is 0.119 e. The molecule has 3 aromatic heterocycles. The summed E-state index contributed by atoms with van der Waals surface area (Å²) in [5.41, 5.74) is 9.54. The third-order valence-electron chi connectivity index (χ3n) is 8.53. The van der Waals surface area contributed by atoms with Gasteiger partial charge in [-0.1, -0.05) is 27.7 Å². The number of phenolic OH excluding ortho intramolecular Hbond substituents is 4. The van der Waals surface area contributed by atoms with E-state index in [0.29, 0.717) is 24.0 Å². The average molecular weight is 587 g/mol. The van der Waals surface area contributed by atoms with Crippen molar-refractivity contribution in [3.8, 4) is 45.3 Å². The lowest BCUT2D eigenvalue weighted by atomic mass is 9.87. The van der Waals surface area contributed by atoms with Crippen LogP contribution < -0.4 is 0 Å². The number of nitrogens with zero attached hydrogens (tertiary/aromatic N) is 2. The van der Waals surface area contributed by atoms with Crippen molar-refractivity contribution in [2.75, 3.05) is 0 Å². The van der Waals surface area contributed by atoms with Crippen LogP contribution in [0.2, 0.25) is 0 Å². The largest absolute Gasteiger partial charge is 0.508 e. The van der Waals surface area contributed by atoms with Gasteiger partial charge in [0.05, 0.1) is 0 Å². The summed E-state index contributed by atoms with van der Waals surface area (Å²) in [6.07, 6.45) is 1.43. The molecule has 2 aliphatic rings. The Morgan fingerprint density at radius 2 is 0.864 bits per heavy atom. The van der Waals surface area contributed by atoms with Gasteiger partial charge in [-0.25, -0.2) is 0 Å². The maximum absolute atomic E-state index is 10.2. The maximum Gasteiger partial charge on any atom is 0.119 e. The highest BCUT2D eigenvalue weighted by Crippen LogP contribution is 2.38. The molecule has 8 nitrogen and oxygen atoms in total. The zero-order chi connectivity index (χ0) is 31.0. The first-order valence-corrected chi connectivity index (χ1v) is 14.6. The van der Waals surface area contributed by atoms with Gasteiger partial charge in [0.1, 0.15) is 23.0 Å². The lowest BCUT2D eigenvalue weighted by Crippen LogP contribution is -2.15. The first-order chi connectivity index (χ1) is 20.8. The molecule has 0 aliphatic carbocycles. The lowest BCUT2D eigenvalue weighted by molar-refractivity contribution is 0.450. The van der Waals surface area contributed by atoms with Crippen molar-refractivity contribution in [1.82, 2.24) is 19.9 Å². The first-order valence-electron chi connectivity index (χ1n) is 14.6. The van der Waals surface area contributed by atoms with Crippen LogP contribution >= 0.6 is 0 Å². The molecule has 7 rings (SSSR count). The van der Waals surface area contributed by atoms with E-state index in [2.05, 4.69) is 49.8 Å². The molecular formula is C36H34N4O4. The summed E-state index contributed by atoms with van der Waals surface area (Å²) in [6, 6.07) is 21.4. The van der Waals surface area contributed by atoms with Crippen LogP contribution in [-0.4, -0.2) is 40.4 Å². The Morgan fingerprint density at radius 3 is 1.23 bits per heavy atom. The van der Waals surface area contributed by atoms with Crippen molar-refractivity contribution in [3.05, 3.63) is 95.6 Å². The van der Waals surface area contributed by atoms with Crippen molar-refractivity contribution in [2.24, 2.45) is 0 Å². The molecule has 0 radical (unpaired) electrons. The molecule has 222 valence electrons. The number of nitrogens with one attached hydrogen (secondary N) is 2. The number of aromatic nitrogens is 4. The normalized spacial score (nSPS) is 15.4. The Kier molecular flexibility index (Phi) is 6.04. The van der Waals surface area contributed by atoms with E-state index in [1.54, 1.807) is 24.3 Å². The molecule has 0 saturated carbocycles. The third-order valence-corrected chi connectivity index (χ3v) is 8.53. The van der Waals surface area contributed by atoms with E-state index >= 15 is 0 Å². The van der Waals surface area contributed by atoms with E-state index in [9.17, 15) is 20.4 Å². The van der Waals surface area contributed by atoms with E-state index < -0.39 is 0 Å². The second-order valence-electron chi connectivity index (χ2n) is 13.3. The molecular weight excluding hydrogens is 552 g/mol. The zero-order valence-electron chi connectivity index (χ0n) is 25.0. The van der Waals surface area contributed by atoms with Gasteiger partial charge in [-0.2, -0.15) is 0 Å². The number of aromatic hydroxyl groups is 4. The molecule has 0 saturated heterocycles. The Bertz CT molecular complexity index is 1940. The highest BCUT2D eigenvalue weighted by Gasteiger charge is 2.30. The second kappa shape index (κ2) is 9.64. The quantitative estimate of drug-likeness (QED) is 0.127. The maximum atomic E-state index is 10.2. The molecule has 0 atom stereocenters. The van der Waals surface area contributed by atoms with Crippen LogP contribution in [0.5, 0.6) is 23.0 Å². The Hall–Kier alpha value is -5.24. The molecule has 0 unspecified atom stereocenters. The molecule has 0 amide bonds. The highest BCUT2D eigenvalue weighted by molar-refractivity contribution is 5.88. The van der Waals surface area contributed by atoms with Crippen LogP contribution in [0.15, 0.2) is 72.8 Å². The third kappa shape index (κ3) is 5.02. The number of benzene rings is 2.